The largest absolute Gasteiger partial charge is 0.369 e. The van der Waals surface area contributed by atoms with Crippen LogP contribution in [0, 0.1) is 6.92 Å². The number of anilines is 1. The van der Waals surface area contributed by atoms with Gasteiger partial charge in [-0.3, -0.25) is 0 Å². The fraction of sp³-hybridized carbons (Fsp3) is 0.308. The van der Waals surface area contributed by atoms with Gasteiger partial charge >= 0.3 is 0 Å². The number of benzene rings is 1. The molecule has 0 saturated heterocycles. The molecule has 0 unspecified atom stereocenters. The number of para-hydroxylation sites is 1. The summed E-state index contributed by atoms with van der Waals surface area (Å²) in [5.74, 6) is 0.931. The van der Waals surface area contributed by atoms with E-state index in [-0.39, 0.29) is 0 Å². The van der Waals surface area contributed by atoms with E-state index in [4.69, 9.17) is 0 Å². The van der Waals surface area contributed by atoms with E-state index in [9.17, 15) is 0 Å². The highest BCUT2D eigenvalue weighted by Crippen LogP contribution is 2.22. The normalized spacial score (nSPS) is 10.5. The molecule has 2 aromatic rings. The molecule has 0 fully saturated rings. The van der Waals surface area contributed by atoms with E-state index in [0.29, 0.717) is 0 Å². The number of nitrogens with zero attached hydrogens (tertiary/aromatic N) is 2. The molecule has 0 aliphatic rings. The summed E-state index contributed by atoms with van der Waals surface area (Å²) in [6.45, 7) is 5.15. The van der Waals surface area contributed by atoms with E-state index in [2.05, 4.69) is 46.3 Å². The van der Waals surface area contributed by atoms with E-state index in [1.54, 1.807) is 0 Å². The third-order valence-corrected chi connectivity index (χ3v) is 3.19. The number of rotatable bonds is 4. The quantitative estimate of drug-likeness (QED) is 0.930. The summed E-state index contributed by atoms with van der Waals surface area (Å²) in [4.78, 5) is 0. The lowest BCUT2D eigenvalue weighted by atomic mass is 10.3. The van der Waals surface area contributed by atoms with E-state index in [1.807, 2.05) is 28.9 Å². The van der Waals surface area contributed by atoms with Crippen LogP contribution in [-0.2, 0) is 0 Å². The average molecular weight is 294 g/mol. The van der Waals surface area contributed by atoms with Gasteiger partial charge in [-0.2, -0.15) is 5.10 Å². The van der Waals surface area contributed by atoms with Gasteiger partial charge in [-0.1, -0.05) is 19.1 Å². The molecule has 17 heavy (non-hydrogen) atoms. The Morgan fingerprint density at radius 1 is 1.35 bits per heavy atom. The fourth-order valence-corrected chi connectivity index (χ4v) is 2.13. The van der Waals surface area contributed by atoms with Crippen LogP contribution < -0.4 is 5.32 Å². The first-order valence-corrected chi connectivity index (χ1v) is 6.57. The molecule has 1 aromatic carbocycles. The van der Waals surface area contributed by atoms with Gasteiger partial charge in [0.15, 0.2) is 0 Å². The highest BCUT2D eigenvalue weighted by atomic mass is 79.9. The zero-order valence-corrected chi connectivity index (χ0v) is 11.7. The Balaban J connectivity index is 2.33. The summed E-state index contributed by atoms with van der Waals surface area (Å²) < 4.78 is 3.00. The smallest absolute Gasteiger partial charge is 0.148 e. The highest BCUT2D eigenvalue weighted by Gasteiger charge is 2.07. The first-order chi connectivity index (χ1) is 8.22. The van der Waals surface area contributed by atoms with Crippen LogP contribution in [0.2, 0.25) is 0 Å². The average Bonchev–Trinajstić information content (AvgIpc) is 2.68. The zero-order chi connectivity index (χ0) is 12.3. The van der Waals surface area contributed by atoms with Crippen LogP contribution in [0.25, 0.3) is 5.69 Å². The summed E-state index contributed by atoms with van der Waals surface area (Å²) in [5, 5.41) is 7.85. The predicted molar refractivity (Wildman–Crippen MR) is 74.8 cm³/mol. The van der Waals surface area contributed by atoms with Gasteiger partial charge in [-0.15, -0.1) is 0 Å². The van der Waals surface area contributed by atoms with E-state index in [0.717, 1.165) is 34.6 Å². The Morgan fingerprint density at radius 2 is 2.12 bits per heavy atom. The second kappa shape index (κ2) is 5.36. The molecule has 3 nitrogen and oxygen atoms in total. The van der Waals surface area contributed by atoms with Gasteiger partial charge < -0.3 is 5.32 Å². The van der Waals surface area contributed by atoms with Gasteiger partial charge in [-0.05, 0) is 41.4 Å². The number of halogens is 1. The molecule has 90 valence electrons. The molecule has 0 radical (unpaired) electrons. The Bertz CT molecular complexity index is 505. The van der Waals surface area contributed by atoms with Crippen molar-refractivity contribution in [3.05, 3.63) is 40.5 Å². The minimum Gasteiger partial charge on any atom is -0.369 e. The summed E-state index contributed by atoms with van der Waals surface area (Å²) >= 11 is 3.55. The number of aryl methyl sites for hydroxylation is 1. The Kier molecular flexibility index (Phi) is 3.84. The van der Waals surface area contributed by atoms with Crippen molar-refractivity contribution in [3.63, 3.8) is 0 Å². The van der Waals surface area contributed by atoms with Crippen LogP contribution in [0.5, 0.6) is 0 Å². The maximum Gasteiger partial charge on any atom is 0.148 e. The third-order valence-electron chi connectivity index (χ3n) is 2.52. The third kappa shape index (κ3) is 2.69. The maximum atomic E-state index is 4.55. The summed E-state index contributed by atoms with van der Waals surface area (Å²) in [6, 6.07) is 10.2. The van der Waals surface area contributed by atoms with Crippen molar-refractivity contribution in [1.82, 2.24) is 9.78 Å². The minimum atomic E-state index is 0.931. The monoisotopic (exact) mass is 293 g/mol. The van der Waals surface area contributed by atoms with Crippen molar-refractivity contribution in [2.45, 2.75) is 20.3 Å². The molecule has 1 aromatic heterocycles. The van der Waals surface area contributed by atoms with Gasteiger partial charge in [0.1, 0.15) is 5.82 Å². The molecule has 0 amide bonds. The molecular formula is C13H16BrN3. The molecule has 0 bridgehead atoms. The standard InChI is InChI=1S/C13H16BrN3/c1-3-8-15-13-9-10(2)17(16-13)12-7-5-4-6-11(12)14/h4-7,9H,3,8H2,1-2H3,(H,15,16). The van der Waals surface area contributed by atoms with Crippen molar-refractivity contribution < 1.29 is 0 Å². The van der Waals surface area contributed by atoms with Crippen LogP contribution in [0.15, 0.2) is 34.8 Å². The van der Waals surface area contributed by atoms with Crippen molar-refractivity contribution in [3.8, 4) is 5.69 Å². The van der Waals surface area contributed by atoms with Crippen LogP contribution in [0.3, 0.4) is 0 Å². The molecule has 0 aliphatic heterocycles. The van der Waals surface area contributed by atoms with Gasteiger partial charge in [0.05, 0.1) is 5.69 Å². The van der Waals surface area contributed by atoms with Crippen LogP contribution in [0.4, 0.5) is 5.82 Å². The van der Waals surface area contributed by atoms with Crippen LogP contribution >= 0.6 is 15.9 Å². The number of hydrogen-bond donors (Lipinski definition) is 1. The first kappa shape index (κ1) is 12.2. The van der Waals surface area contributed by atoms with Crippen LogP contribution in [0.1, 0.15) is 19.0 Å². The number of nitrogens with one attached hydrogen (secondary N) is 1. The first-order valence-electron chi connectivity index (χ1n) is 5.78. The molecule has 2 rings (SSSR count). The predicted octanol–water partition coefficient (Wildman–Crippen LogP) is 3.77. The van der Waals surface area contributed by atoms with Gasteiger partial charge in [0.2, 0.25) is 0 Å². The van der Waals surface area contributed by atoms with Crippen molar-refractivity contribution in [2.24, 2.45) is 0 Å². The lowest BCUT2D eigenvalue weighted by Crippen LogP contribution is -2.03. The molecule has 0 aliphatic carbocycles. The molecule has 0 atom stereocenters. The topological polar surface area (TPSA) is 29.9 Å². The molecule has 0 spiro atoms. The fourth-order valence-electron chi connectivity index (χ4n) is 1.68. The van der Waals surface area contributed by atoms with Gasteiger partial charge in [0, 0.05) is 22.8 Å². The van der Waals surface area contributed by atoms with Crippen molar-refractivity contribution in [2.75, 3.05) is 11.9 Å². The molecular weight excluding hydrogens is 278 g/mol. The van der Waals surface area contributed by atoms with E-state index >= 15 is 0 Å². The Hall–Kier alpha value is -1.29. The van der Waals surface area contributed by atoms with Crippen LogP contribution in [-0.4, -0.2) is 16.3 Å². The lowest BCUT2D eigenvalue weighted by Gasteiger charge is -2.06. The highest BCUT2D eigenvalue weighted by molar-refractivity contribution is 9.10. The number of hydrogen-bond acceptors (Lipinski definition) is 2. The maximum absolute atomic E-state index is 4.55. The SMILES string of the molecule is CCCNc1cc(C)n(-c2ccccc2Br)n1. The number of aromatic nitrogens is 2. The lowest BCUT2D eigenvalue weighted by molar-refractivity contribution is 0.839. The minimum absolute atomic E-state index is 0.931. The summed E-state index contributed by atoms with van der Waals surface area (Å²) in [5.41, 5.74) is 2.19. The van der Waals surface area contributed by atoms with Crippen molar-refractivity contribution in [1.29, 1.82) is 0 Å². The molecule has 0 saturated carbocycles. The van der Waals surface area contributed by atoms with Crippen molar-refractivity contribution >= 4 is 21.7 Å². The van der Waals surface area contributed by atoms with E-state index in [1.165, 1.54) is 0 Å². The molecule has 4 heteroatoms. The Labute approximate surface area is 110 Å². The second-order valence-corrected chi connectivity index (χ2v) is 4.82. The van der Waals surface area contributed by atoms with Gasteiger partial charge in [-0.25, -0.2) is 4.68 Å². The molecule has 1 N–H and O–H groups in total. The second-order valence-electron chi connectivity index (χ2n) is 3.96. The van der Waals surface area contributed by atoms with Gasteiger partial charge in [0.25, 0.3) is 0 Å². The molecule has 1 heterocycles. The zero-order valence-electron chi connectivity index (χ0n) is 10.1. The Morgan fingerprint density at radius 3 is 2.82 bits per heavy atom. The summed E-state index contributed by atoms with van der Waals surface area (Å²) in [6.07, 6.45) is 1.10. The van der Waals surface area contributed by atoms with E-state index < -0.39 is 0 Å². The summed E-state index contributed by atoms with van der Waals surface area (Å²) in [7, 11) is 0.